The van der Waals surface area contributed by atoms with Gasteiger partial charge in [-0.2, -0.15) is 0 Å². The summed E-state index contributed by atoms with van der Waals surface area (Å²) in [5.74, 6) is 0.746. The number of nitrogens with one attached hydrogen (secondary N) is 2. The topological polar surface area (TPSA) is 79.9 Å². The minimum absolute atomic E-state index is 0.0252. The maximum atomic E-state index is 12.4. The summed E-state index contributed by atoms with van der Waals surface area (Å²) >= 11 is 0. The van der Waals surface area contributed by atoms with Gasteiger partial charge in [-0.1, -0.05) is 18.2 Å². The highest BCUT2D eigenvalue weighted by molar-refractivity contribution is 6.00. The fourth-order valence-corrected chi connectivity index (χ4v) is 3.83. The van der Waals surface area contributed by atoms with Gasteiger partial charge in [-0.25, -0.2) is 9.97 Å². The van der Waals surface area contributed by atoms with Crippen LogP contribution in [0.2, 0.25) is 0 Å². The van der Waals surface area contributed by atoms with Crippen molar-refractivity contribution in [2.24, 2.45) is 0 Å². The molecule has 0 spiro atoms. The zero-order valence-corrected chi connectivity index (χ0v) is 15.3. The maximum Gasteiger partial charge on any atom is 0.253 e. The molecule has 1 aromatic carbocycles. The third-order valence-corrected chi connectivity index (χ3v) is 5.31. The van der Waals surface area contributed by atoms with Crippen molar-refractivity contribution < 1.29 is 9.53 Å². The van der Waals surface area contributed by atoms with E-state index in [0.29, 0.717) is 19.0 Å². The second-order valence-corrected chi connectivity index (χ2v) is 7.28. The molecule has 2 N–H and O–H groups in total. The zero-order valence-electron chi connectivity index (χ0n) is 15.3. The number of H-pyrrole nitrogens is 1. The van der Waals surface area contributed by atoms with Gasteiger partial charge in [0.2, 0.25) is 5.88 Å². The highest BCUT2D eigenvalue weighted by Gasteiger charge is 2.28. The second kappa shape index (κ2) is 5.94. The Morgan fingerprint density at radius 2 is 2.07 bits per heavy atom. The van der Waals surface area contributed by atoms with Crippen molar-refractivity contribution in [3.8, 4) is 17.1 Å². The summed E-state index contributed by atoms with van der Waals surface area (Å²) in [6, 6.07) is 7.84. The molecule has 4 heterocycles. The maximum absolute atomic E-state index is 12.4. The average molecular weight is 360 g/mol. The van der Waals surface area contributed by atoms with E-state index in [1.807, 2.05) is 31.2 Å². The number of allylic oxidation sites excluding steroid dienone is 1. The first-order chi connectivity index (χ1) is 13.1. The molecule has 6 nitrogen and oxygen atoms in total. The number of para-hydroxylation sites is 1. The van der Waals surface area contributed by atoms with Gasteiger partial charge in [0.05, 0.1) is 11.1 Å². The smallest absolute Gasteiger partial charge is 0.253 e. The molecule has 2 aliphatic rings. The Balaban J connectivity index is 1.79. The van der Waals surface area contributed by atoms with E-state index in [0.717, 1.165) is 51.2 Å². The summed E-state index contributed by atoms with van der Waals surface area (Å²) in [4.78, 5) is 25.3. The summed E-state index contributed by atoms with van der Waals surface area (Å²) in [7, 11) is 0. The van der Waals surface area contributed by atoms with Gasteiger partial charge in [-0.15, -0.1) is 0 Å². The molecular formula is C21H20N4O2. The predicted molar refractivity (Wildman–Crippen MR) is 103 cm³/mol. The molecule has 6 heteroatoms. The minimum atomic E-state index is -0.0252. The number of nitrogens with zero attached hydrogens (tertiary/aromatic N) is 2. The molecular weight excluding hydrogens is 340 g/mol. The molecule has 27 heavy (non-hydrogen) atoms. The van der Waals surface area contributed by atoms with E-state index in [2.05, 4.69) is 28.3 Å². The zero-order chi connectivity index (χ0) is 18.5. The van der Waals surface area contributed by atoms with Gasteiger partial charge in [-0.05, 0) is 38.0 Å². The molecule has 136 valence electrons. The molecule has 1 atom stereocenters. The number of fused-ring (bicyclic) bond motifs is 3. The lowest BCUT2D eigenvalue weighted by atomic mass is 9.93. The van der Waals surface area contributed by atoms with Crippen LogP contribution in [-0.2, 0) is 0 Å². The molecule has 0 fully saturated rings. The van der Waals surface area contributed by atoms with Crippen LogP contribution in [0.4, 0.5) is 0 Å². The van der Waals surface area contributed by atoms with Gasteiger partial charge < -0.3 is 15.0 Å². The van der Waals surface area contributed by atoms with Gasteiger partial charge in [-0.3, -0.25) is 4.79 Å². The summed E-state index contributed by atoms with van der Waals surface area (Å²) in [5, 5.41) is 3.00. The van der Waals surface area contributed by atoms with Gasteiger partial charge in [0.1, 0.15) is 17.8 Å². The van der Waals surface area contributed by atoms with Crippen molar-refractivity contribution in [1.82, 2.24) is 20.3 Å². The fourth-order valence-electron chi connectivity index (χ4n) is 3.83. The molecule has 2 aliphatic heterocycles. The highest BCUT2D eigenvalue weighted by atomic mass is 16.5. The van der Waals surface area contributed by atoms with E-state index < -0.39 is 0 Å². The number of carbonyl (C=O) groups excluding carboxylic acids is 1. The lowest BCUT2D eigenvalue weighted by Gasteiger charge is -2.22. The van der Waals surface area contributed by atoms with E-state index in [1.165, 1.54) is 0 Å². The molecule has 0 saturated carbocycles. The first kappa shape index (κ1) is 16.1. The van der Waals surface area contributed by atoms with Crippen molar-refractivity contribution in [2.75, 3.05) is 13.2 Å². The Hall–Kier alpha value is -3.15. The molecule has 0 radical (unpaired) electrons. The molecule has 5 rings (SSSR count). The van der Waals surface area contributed by atoms with Crippen LogP contribution in [-0.4, -0.2) is 34.0 Å². The second-order valence-electron chi connectivity index (χ2n) is 7.28. The number of aryl methyl sites for hydroxylation is 1. The standard InChI is InChI=1S/C21H20N4O2/c1-11-6-7-13-9-22-20(26)15-8-17(24-18(13)15)14-4-3-5-16-19(14)25-21(27-10-11)12(2)23-16/h3-6,8,13,24H,7,9-10H2,1-2H3,(H,22,26)/b11-6+/t13-/m0/s1. The Labute approximate surface area is 156 Å². The molecule has 4 bridgehead atoms. The van der Waals surface area contributed by atoms with Crippen molar-refractivity contribution in [3.63, 3.8) is 0 Å². The number of hydrogen-bond donors (Lipinski definition) is 2. The predicted octanol–water partition coefficient (Wildman–Crippen LogP) is 3.49. The Kier molecular flexibility index (Phi) is 3.53. The molecule has 3 aromatic rings. The van der Waals surface area contributed by atoms with Crippen LogP contribution in [0.15, 0.2) is 35.9 Å². The fraction of sp³-hybridized carbons (Fsp3) is 0.286. The first-order valence-electron chi connectivity index (χ1n) is 9.17. The van der Waals surface area contributed by atoms with Gasteiger partial charge >= 0.3 is 0 Å². The number of ether oxygens (including phenoxy) is 1. The Bertz CT molecular complexity index is 1110. The molecule has 1 amide bonds. The summed E-state index contributed by atoms with van der Waals surface area (Å²) in [5.41, 5.74) is 7.02. The lowest BCUT2D eigenvalue weighted by molar-refractivity contribution is 0.0940. The van der Waals surface area contributed by atoms with E-state index in [9.17, 15) is 4.79 Å². The van der Waals surface area contributed by atoms with Crippen molar-refractivity contribution in [1.29, 1.82) is 0 Å². The quantitative estimate of drug-likeness (QED) is 0.602. The molecule has 0 unspecified atom stereocenters. The molecule has 2 aromatic heterocycles. The number of hydrogen-bond acceptors (Lipinski definition) is 4. The number of aromatic nitrogens is 3. The number of amides is 1. The van der Waals surface area contributed by atoms with E-state index in [1.54, 1.807) is 0 Å². The van der Waals surface area contributed by atoms with Crippen LogP contribution < -0.4 is 10.1 Å². The highest BCUT2D eigenvalue weighted by Crippen LogP contribution is 2.34. The van der Waals surface area contributed by atoms with Crippen molar-refractivity contribution in [2.45, 2.75) is 26.2 Å². The van der Waals surface area contributed by atoms with E-state index in [4.69, 9.17) is 9.72 Å². The first-order valence-corrected chi connectivity index (χ1v) is 9.17. The monoisotopic (exact) mass is 360 g/mol. The van der Waals surface area contributed by atoms with Crippen LogP contribution in [0, 0.1) is 6.92 Å². The average Bonchev–Trinajstić information content (AvgIpc) is 3.11. The molecule has 0 saturated heterocycles. The van der Waals surface area contributed by atoms with Crippen LogP contribution in [0.5, 0.6) is 5.88 Å². The minimum Gasteiger partial charge on any atom is -0.472 e. The number of rotatable bonds is 0. The number of aromatic amines is 1. The Morgan fingerprint density at radius 3 is 2.96 bits per heavy atom. The van der Waals surface area contributed by atoms with Crippen molar-refractivity contribution in [3.05, 3.63) is 52.9 Å². The van der Waals surface area contributed by atoms with E-state index in [-0.39, 0.29) is 11.8 Å². The van der Waals surface area contributed by atoms with Gasteiger partial charge in [0, 0.05) is 29.4 Å². The third-order valence-electron chi connectivity index (χ3n) is 5.31. The van der Waals surface area contributed by atoms with Gasteiger partial charge in [0.15, 0.2) is 0 Å². The van der Waals surface area contributed by atoms with Gasteiger partial charge in [0.25, 0.3) is 5.91 Å². The number of carbonyl (C=O) groups is 1. The van der Waals surface area contributed by atoms with Crippen LogP contribution in [0.25, 0.3) is 22.3 Å². The van der Waals surface area contributed by atoms with Crippen LogP contribution in [0.3, 0.4) is 0 Å². The largest absolute Gasteiger partial charge is 0.472 e. The van der Waals surface area contributed by atoms with Crippen LogP contribution >= 0.6 is 0 Å². The third kappa shape index (κ3) is 2.60. The Morgan fingerprint density at radius 1 is 1.19 bits per heavy atom. The number of benzene rings is 1. The van der Waals surface area contributed by atoms with Crippen LogP contribution in [0.1, 0.15) is 41.0 Å². The summed E-state index contributed by atoms with van der Waals surface area (Å²) < 4.78 is 5.96. The molecule has 0 aliphatic carbocycles. The lowest BCUT2D eigenvalue weighted by Crippen LogP contribution is -2.34. The van der Waals surface area contributed by atoms with Crippen molar-refractivity contribution >= 4 is 16.9 Å². The summed E-state index contributed by atoms with van der Waals surface area (Å²) in [6.45, 7) is 5.07. The summed E-state index contributed by atoms with van der Waals surface area (Å²) in [6.07, 6.45) is 3.02. The SMILES string of the molecule is C/C1=C\C[C@H]2CNC(=O)c3cc([nH]c32)-c2cccc3nc(C)c(nc23)OC1. The van der Waals surface area contributed by atoms with E-state index >= 15 is 0 Å². The normalized spacial score (nSPS) is 20.7.